The molecule has 1 atom stereocenters. The van der Waals surface area contributed by atoms with Gasteiger partial charge in [0.1, 0.15) is 18.1 Å². The molecule has 0 aromatic heterocycles. The van der Waals surface area contributed by atoms with E-state index in [0.29, 0.717) is 56.1 Å². The number of hydrogen-bond donors (Lipinski definition) is 5. The van der Waals surface area contributed by atoms with Gasteiger partial charge in [-0.2, -0.15) is 0 Å². The van der Waals surface area contributed by atoms with Gasteiger partial charge in [0.15, 0.2) is 0 Å². The van der Waals surface area contributed by atoms with E-state index >= 15 is 0 Å². The van der Waals surface area contributed by atoms with Crippen molar-refractivity contribution in [2.75, 3.05) is 32.8 Å². The van der Waals surface area contributed by atoms with Gasteiger partial charge in [0.2, 0.25) is 0 Å². The summed E-state index contributed by atoms with van der Waals surface area (Å²) in [6, 6.07) is 20.1. The van der Waals surface area contributed by atoms with Crippen LogP contribution in [0.2, 0.25) is 0 Å². The van der Waals surface area contributed by atoms with Gasteiger partial charge in [-0.05, 0) is 72.5 Å². The zero-order valence-electron chi connectivity index (χ0n) is 22.6. The van der Waals surface area contributed by atoms with E-state index in [4.69, 9.17) is 9.47 Å². The lowest BCUT2D eigenvalue weighted by Gasteiger charge is -2.14. The molecule has 3 aromatic carbocycles. The predicted octanol–water partition coefficient (Wildman–Crippen LogP) is 3.88. The molecule has 8 nitrogen and oxygen atoms in total. The van der Waals surface area contributed by atoms with Crippen LogP contribution in [0, 0.1) is 0 Å². The summed E-state index contributed by atoms with van der Waals surface area (Å²) < 4.78 is 11.5. The molecule has 0 bridgehead atoms. The van der Waals surface area contributed by atoms with Crippen molar-refractivity contribution in [2.24, 2.45) is 0 Å². The van der Waals surface area contributed by atoms with E-state index in [1.54, 1.807) is 12.1 Å². The Morgan fingerprint density at radius 1 is 0.974 bits per heavy atom. The van der Waals surface area contributed by atoms with E-state index in [9.17, 15) is 20.1 Å². The number of nitrogens with one attached hydrogen (secondary N) is 2. The van der Waals surface area contributed by atoms with Gasteiger partial charge in [-0.1, -0.05) is 43.7 Å². The minimum atomic E-state index is -0.729. The van der Waals surface area contributed by atoms with Crippen LogP contribution in [0.3, 0.4) is 0 Å². The molecule has 0 saturated heterocycles. The maximum atomic E-state index is 12.2. The Hall–Kier alpha value is -3.43. The lowest BCUT2D eigenvalue weighted by Crippen LogP contribution is -2.24. The van der Waals surface area contributed by atoms with Crippen molar-refractivity contribution >= 4 is 5.91 Å². The standard InChI is InChI=1S/C31H40N2O6/c1-2-3-14-33-31(37)26-6-4-5-24(18-26)22-38-16-17-39-28-10-7-23(8-11-28)13-15-32-20-30(36)25-9-12-29(35)27(19-25)21-34/h4-12,18-19,30,32,34-36H,2-3,13-17,20-22H2,1H3,(H,33,37). The molecule has 0 fully saturated rings. The third-order valence-electron chi connectivity index (χ3n) is 6.28. The van der Waals surface area contributed by atoms with Gasteiger partial charge in [-0.25, -0.2) is 0 Å². The maximum absolute atomic E-state index is 12.2. The van der Waals surface area contributed by atoms with Crippen LogP contribution in [0.4, 0.5) is 0 Å². The second-order valence-electron chi connectivity index (χ2n) is 9.37. The summed E-state index contributed by atoms with van der Waals surface area (Å²) in [5, 5.41) is 35.4. The lowest BCUT2D eigenvalue weighted by molar-refractivity contribution is 0.0886. The first kappa shape index (κ1) is 30.1. The number of hydrogen-bond acceptors (Lipinski definition) is 7. The average Bonchev–Trinajstić information content (AvgIpc) is 2.96. The van der Waals surface area contributed by atoms with Crippen molar-refractivity contribution < 1.29 is 29.6 Å². The fourth-order valence-corrected chi connectivity index (χ4v) is 3.97. The SMILES string of the molecule is CCCCNC(=O)c1cccc(COCCOc2ccc(CCNCC(O)c3ccc(O)c(CO)c3)cc2)c1. The molecule has 1 unspecified atom stereocenters. The van der Waals surface area contributed by atoms with Crippen LogP contribution >= 0.6 is 0 Å². The molecule has 0 radical (unpaired) electrons. The van der Waals surface area contributed by atoms with Gasteiger partial charge in [0.05, 0.1) is 25.9 Å². The number of phenols is 1. The number of aromatic hydroxyl groups is 1. The first-order valence-corrected chi connectivity index (χ1v) is 13.5. The first-order valence-electron chi connectivity index (χ1n) is 13.5. The molecule has 0 aliphatic rings. The summed E-state index contributed by atoms with van der Waals surface area (Å²) in [7, 11) is 0. The Morgan fingerprint density at radius 2 is 1.79 bits per heavy atom. The number of aliphatic hydroxyl groups excluding tert-OH is 2. The van der Waals surface area contributed by atoms with Crippen LogP contribution < -0.4 is 15.4 Å². The molecule has 39 heavy (non-hydrogen) atoms. The summed E-state index contributed by atoms with van der Waals surface area (Å²) in [6.45, 7) is 4.83. The fraction of sp³-hybridized carbons (Fsp3) is 0.387. The number of unbranched alkanes of at least 4 members (excludes halogenated alkanes) is 1. The first-order chi connectivity index (χ1) is 19.0. The van der Waals surface area contributed by atoms with E-state index in [-0.39, 0.29) is 18.3 Å². The molecule has 5 N–H and O–H groups in total. The molecule has 210 valence electrons. The Balaban J connectivity index is 1.30. The van der Waals surface area contributed by atoms with Gasteiger partial charge >= 0.3 is 0 Å². The molecule has 3 rings (SSSR count). The predicted molar refractivity (Wildman–Crippen MR) is 151 cm³/mol. The summed E-state index contributed by atoms with van der Waals surface area (Å²) in [4.78, 5) is 12.2. The van der Waals surface area contributed by atoms with Crippen molar-refractivity contribution in [2.45, 2.75) is 45.5 Å². The number of carbonyl (C=O) groups excluding carboxylic acids is 1. The molecule has 0 saturated carbocycles. The van der Waals surface area contributed by atoms with Gasteiger partial charge in [0.25, 0.3) is 5.91 Å². The monoisotopic (exact) mass is 536 g/mol. The second kappa shape index (κ2) is 16.5. The number of amides is 1. The fourth-order valence-electron chi connectivity index (χ4n) is 3.97. The Kier molecular flexibility index (Phi) is 12.8. The van der Waals surface area contributed by atoms with Gasteiger partial charge in [-0.3, -0.25) is 4.79 Å². The van der Waals surface area contributed by atoms with Crippen LogP contribution in [-0.2, 0) is 24.4 Å². The highest BCUT2D eigenvalue weighted by Gasteiger charge is 2.10. The molecule has 0 heterocycles. The van der Waals surface area contributed by atoms with Crippen LogP contribution in [0.15, 0.2) is 66.7 Å². The van der Waals surface area contributed by atoms with Crippen molar-refractivity contribution in [3.63, 3.8) is 0 Å². The second-order valence-corrected chi connectivity index (χ2v) is 9.37. The number of aliphatic hydroxyl groups is 2. The molecule has 1 amide bonds. The van der Waals surface area contributed by atoms with Crippen molar-refractivity contribution in [3.05, 3.63) is 94.5 Å². The van der Waals surface area contributed by atoms with Gasteiger partial charge in [0, 0.05) is 24.2 Å². The van der Waals surface area contributed by atoms with Crippen molar-refractivity contribution in [1.29, 1.82) is 0 Å². The summed E-state index contributed by atoms with van der Waals surface area (Å²) in [6.07, 6.45) is 2.08. The van der Waals surface area contributed by atoms with Gasteiger partial charge in [-0.15, -0.1) is 0 Å². The largest absolute Gasteiger partial charge is 0.508 e. The summed E-state index contributed by atoms with van der Waals surface area (Å²) in [5.41, 5.74) is 3.78. The third-order valence-corrected chi connectivity index (χ3v) is 6.28. The zero-order valence-corrected chi connectivity index (χ0v) is 22.6. The Labute approximate surface area is 230 Å². The van der Waals surface area contributed by atoms with E-state index in [2.05, 4.69) is 17.6 Å². The van der Waals surface area contributed by atoms with Gasteiger partial charge < -0.3 is 35.4 Å². The molecule has 3 aromatic rings. The van der Waals surface area contributed by atoms with Crippen LogP contribution in [0.25, 0.3) is 0 Å². The van der Waals surface area contributed by atoms with E-state index in [1.165, 1.54) is 6.07 Å². The smallest absolute Gasteiger partial charge is 0.251 e. The Morgan fingerprint density at radius 3 is 2.56 bits per heavy atom. The summed E-state index contributed by atoms with van der Waals surface area (Å²) in [5.74, 6) is 0.729. The molecular weight excluding hydrogens is 496 g/mol. The normalized spacial score (nSPS) is 11.8. The van der Waals surface area contributed by atoms with E-state index in [0.717, 1.165) is 36.1 Å². The number of rotatable bonds is 17. The zero-order chi connectivity index (χ0) is 27.9. The minimum absolute atomic E-state index is 0.0205. The number of benzene rings is 3. The van der Waals surface area contributed by atoms with Crippen LogP contribution in [0.5, 0.6) is 11.5 Å². The average molecular weight is 537 g/mol. The van der Waals surface area contributed by atoms with Crippen molar-refractivity contribution in [1.82, 2.24) is 10.6 Å². The van der Waals surface area contributed by atoms with E-state index in [1.807, 2.05) is 48.5 Å². The molecule has 0 aliphatic carbocycles. The molecule has 8 heteroatoms. The highest BCUT2D eigenvalue weighted by molar-refractivity contribution is 5.94. The highest BCUT2D eigenvalue weighted by Crippen LogP contribution is 2.22. The van der Waals surface area contributed by atoms with Crippen molar-refractivity contribution in [3.8, 4) is 11.5 Å². The molecule has 0 spiro atoms. The third kappa shape index (κ3) is 10.3. The lowest BCUT2D eigenvalue weighted by atomic mass is 10.1. The quantitative estimate of drug-likeness (QED) is 0.166. The minimum Gasteiger partial charge on any atom is -0.508 e. The molecular formula is C31H40N2O6. The molecule has 0 aliphatic heterocycles. The number of carbonyl (C=O) groups is 1. The van der Waals surface area contributed by atoms with Crippen LogP contribution in [0.1, 0.15) is 58.5 Å². The maximum Gasteiger partial charge on any atom is 0.251 e. The number of ether oxygens (including phenoxy) is 2. The topological polar surface area (TPSA) is 120 Å². The Bertz CT molecular complexity index is 1150. The summed E-state index contributed by atoms with van der Waals surface area (Å²) >= 11 is 0. The highest BCUT2D eigenvalue weighted by atomic mass is 16.5. The van der Waals surface area contributed by atoms with E-state index < -0.39 is 6.10 Å². The van der Waals surface area contributed by atoms with Crippen LogP contribution in [-0.4, -0.2) is 54.1 Å².